The van der Waals surface area contributed by atoms with Gasteiger partial charge in [-0.2, -0.15) is 0 Å². The Morgan fingerprint density at radius 2 is 2.42 bits per heavy atom. The van der Waals surface area contributed by atoms with Gasteiger partial charge in [0, 0.05) is 6.04 Å². The van der Waals surface area contributed by atoms with Crippen LogP contribution in [0.5, 0.6) is 0 Å². The van der Waals surface area contributed by atoms with Gasteiger partial charge in [0.1, 0.15) is 5.82 Å². The summed E-state index contributed by atoms with van der Waals surface area (Å²) >= 11 is 0. The first-order valence-electron chi connectivity index (χ1n) is 6.89. The molecule has 0 radical (unpaired) electrons. The molecular weight excluding hydrogens is 243 g/mol. The van der Waals surface area contributed by atoms with Crippen LogP contribution in [0.2, 0.25) is 0 Å². The molecule has 19 heavy (non-hydrogen) atoms. The zero-order valence-electron chi connectivity index (χ0n) is 11.3. The molecule has 0 bridgehead atoms. The van der Waals surface area contributed by atoms with Crippen molar-refractivity contribution in [2.45, 2.75) is 32.2 Å². The van der Waals surface area contributed by atoms with E-state index in [0.29, 0.717) is 11.5 Å². The van der Waals surface area contributed by atoms with E-state index in [1.165, 1.54) is 12.1 Å². The molecule has 2 N–H and O–H groups in total. The predicted octanol–water partition coefficient (Wildman–Crippen LogP) is 1.87. The molecule has 1 saturated heterocycles. The summed E-state index contributed by atoms with van der Waals surface area (Å²) in [5, 5.41) is 6.36. The Balaban J connectivity index is 1.83. The lowest BCUT2D eigenvalue weighted by Gasteiger charge is -2.29. The molecular formula is C15H21FN2O. The van der Waals surface area contributed by atoms with E-state index in [2.05, 4.69) is 10.6 Å². The van der Waals surface area contributed by atoms with E-state index in [4.69, 9.17) is 0 Å². The predicted molar refractivity (Wildman–Crippen MR) is 73.3 cm³/mol. The second-order valence-electron chi connectivity index (χ2n) is 5.27. The minimum atomic E-state index is -0.296. The molecule has 1 aromatic rings. The number of carbonyl (C=O) groups is 1. The van der Waals surface area contributed by atoms with Crippen molar-refractivity contribution < 1.29 is 9.18 Å². The van der Waals surface area contributed by atoms with Gasteiger partial charge >= 0.3 is 0 Å². The fourth-order valence-electron chi connectivity index (χ4n) is 2.56. The Kier molecular flexibility index (Phi) is 4.91. The van der Waals surface area contributed by atoms with Gasteiger partial charge in [-0.15, -0.1) is 0 Å². The van der Waals surface area contributed by atoms with Crippen LogP contribution < -0.4 is 10.6 Å². The normalized spacial score (nSPS) is 20.8. The highest BCUT2D eigenvalue weighted by Crippen LogP contribution is 2.14. The fourth-order valence-corrected chi connectivity index (χ4v) is 2.56. The van der Waals surface area contributed by atoms with E-state index in [1.807, 2.05) is 6.92 Å². The third-order valence-electron chi connectivity index (χ3n) is 3.68. The van der Waals surface area contributed by atoms with Gasteiger partial charge in [0.2, 0.25) is 5.91 Å². The number of halogens is 1. The molecule has 0 saturated carbocycles. The van der Waals surface area contributed by atoms with Crippen molar-refractivity contribution in [1.82, 2.24) is 10.6 Å². The van der Waals surface area contributed by atoms with Crippen molar-refractivity contribution in [1.29, 1.82) is 0 Å². The van der Waals surface area contributed by atoms with Crippen LogP contribution in [0, 0.1) is 11.7 Å². The van der Waals surface area contributed by atoms with E-state index >= 15 is 0 Å². The number of hydrogen-bond acceptors (Lipinski definition) is 2. The first kappa shape index (κ1) is 14.0. The molecule has 1 fully saturated rings. The van der Waals surface area contributed by atoms with E-state index < -0.39 is 0 Å². The molecule has 2 unspecified atom stereocenters. The first-order valence-corrected chi connectivity index (χ1v) is 6.89. The SMILES string of the molecule is CC(NC(=O)Cc1cccc(F)c1)C1CCCNC1. The van der Waals surface area contributed by atoms with Gasteiger partial charge in [0.25, 0.3) is 0 Å². The molecule has 1 aliphatic heterocycles. The van der Waals surface area contributed by atoms with Crippen LogP contribution in [0.4, 0.5) is 4.39 Å². The Bertz CT molecular complexity index is 430. The lowest BCUT2D eigenvalue weighted by molar-refractivity contribution is -0.121. The molecule has 2 rings (SSSR count). The van der Waals surface area contributed by atoms with Gasteiger partial charge < -0.3 is 10.6 Å². The Labute approximate surface area is 113 Å². The second kappa shape index (κ2) is 6.66. The fraction of sp³-hybridized carbons (Fsp3) is 0.533. The molecule has 104 valence electrons. The largest absolute Gasteiger partial charge is 0.353 e. The molecule has 0 spiro atoms. The van der Waals surface area contributed by atoms with Crippen LogP contribution >= 0.6 is 0 Å². The summed E-state index contributed by atoms with van der Waals surface area (Å²) in [5.41, 5.74) is 0.714. The van der Waals surface area contributed by atoms with Crippen LogP contribution in [0.15, 0.2) is 24.3 Å². The number of amides is 1. The average molecular weight is 264 g/mol. The lowest BCUT2D eigenvalue weighted by atomic mass is 9.92. The van der Waals surface area contributed by atoms with E-state index in [0.717, 1.165) is 25.9 Å². The summed E-state index contributed by atoms with van der Waals surface area (Å²) in [6, 6.07) is 6.36. The monoisotopic (exact) mass is 264 g/mol. The standard InChI is InChI=1S/C15H21FN2O/c1-11(13-5-3-7-17-10-13)18-15(19)9-12-4-2-6-14(16)8-12/h2,4,6,8,11,13,17H,3,5,7,9-10H2,1H3,(H,18,19). The minimum absolute atomic E-state index is 0.0383. The molecule has 1 aromatic carbocycles. The van der Waals surface area contributed by atoms with Crippen LogP contribution in [-0.2, 0) is 11.2 Å². The van der Waals surface area contributed by atoms with Crippen molar-refractivity contribution in [2.75, 3.05) is 13.1 Å². The third kappa shape index (κ3) is 4.31. The van der Waals surface area contributed by atoms with Crippen molar-refractivity contribution in [3.05, 3.63) is 35.6 Å². The minimum Gasteiger partial charge on any atom is -0.353 e. The maximum atomic E-state index is 13.0. The summed E-state index contributed by atoms with van der Waals surface area (Å²) < 4.78 is 13.0. The third-order valence-corrected chi connectivity index (χ3v) is 3.68. The molecule has 1 aliphatic rings. The van der Waals surface area contributed by atoms with E-state index in [9.17, 15) is 9.18 Å². The second-order valence-corrected chi connectivity index (χ2v) is 5.27. The highest BCUT2D eigenvalue weighted by atomic mass is 19.1. The number of piperidine rings is 1. The maximum Gasteiger partial charge on any atom is 0.224 e. The maximum absolute atomic E-state index is 13.0. The number of nitrogens with one attached hydrogen (secondary N) is 2. The summed E-state index contributed by atoms with van der Waals surface area (Å²) in [5.74, 6) is 0.156. The Morgan fingerprint density at radius 3 is 3.11 bits per heavy atom. The van der Waals surface area contributed by atoms with Crippen molar-refractivity contribution >= 4 is 5.91 Å². The summed E-state index contributed by atoms with van der Waals surface area (Å²) in [4.78, 5) is 11.9. The highest BCUT2D eigenvalue weighted by molar-refractivity contribution is 5.78. The van der Waals surface area contributed by atoms with Crippen LogP contribution in [0.3, 0.4) is 0 Å². The van der Waals surface area contributed by atoms with Crippen molar-refractivity contribution in [3.8, 4) is 0 Å². The number of rotatable bonds is 4. The topological polar surface area (TPSA) is 41.1 Å². The highest BCUT2D eigenvalue weighted by Gasteiger charge is 2.21. The quantitative estimate of drug-likeness (QED) is 0.871. The van der Waals surface area contributed by atoms with Gasteiger partial charge in [-0.1, -0.05) is 12.1 Å². The lowest BCUT2D eigenvalue weighted by Crippen LogP contribution is -2.45. The van der Waals surface area contributed by atoms with Crippen molar-refractivity contribution in [2.24, 2.45) is 5.92 Å². The molecule has 4 heteroatoms. The van der Waals surface area contributed by atoms with Gasteiger partial charge in [-0.3, -0.25) is 4.79 Å². The summed E-state index contributed by atoms with van der Waals surface area (Å²) in [6.07, 6.45) is 2.55. The smallest absolute Gasteiger partial charge is 0.224 e. The number of carbonyl (C=O) groups excluding carboxylic acids is 1. The summed E-state index contributed by atoms with van der Waals surface area (Å²) in [7, 11) is 0. The molecule has 0 aliphatic carbocycles. The van der Waals surface area contributed by atoms with Crippen molar-refractivity contribution in [3.63, 3.8) is 0 Å². The molecule has 1 heterocycles. The van der Waals surface area contributed by atoms with Crippen LogP contribution in [0.1, 0.15) is 25.3 Å². The number of benzene rings is 1. The molecule has 0 aromatic heterocycles. The van der Waals surface area contributed by atoms with Gasteiger partial charge in [-0.05, 0) is 56.5 Å². The van der Waals surface area contributed by atoms with Gasteiger partial charge in [0.05, 0.1) is 6.42 Å². The van der Waals surface area contributed by atoms with Crippen LogP contribution in [0.25, 0.3) is 0 Å². The van der Waals surface area contributed by atoms with Gasteiger partial charge in [0.15, 0.2) is 0 Å². The van der Waals surface area contributed by atoms with E-state index in [1.54, 1.807) is 12.1 Å². The number of hydrogen-bond donors (Lipinski definition) is 2. The van der Waals surface area contributed by atoms with Gasteiger partial charge in [-0.25, -0.2) is 4.39 Å². The zero-order valence-corrected chi connectivity index (χ0v) is 11.3. The Morgan fingerprint density at radius 1 is 1.58 bits per heavy atom. The molecule has 3 nitrogen and oxygen atoms in total. The first-order chi connectivity index (χ1) is 9.15. The molecule has 2 atom stereocenters. The van der Waals surface area contributed by atoms with E-state index in [-0.39, 0.29) is 24.2 Å². The molecule has 1 amide bonds. The van der Waals surface area contributed by atoms with Crippen LogP contribution in [-0.4, -0.2) is 25.0 Å². The Hall–Kier alpha value is -1.42. The summed E-state index contributed by atoms with van der Waals surface area (Å²) in [6.45, 7) is 4.07. The average Bonchev–Trinajstić information content (AvgIpc) is 2.39. The zero-order chi connectivity index (χ0) is 13.7.